The van der Waals surface area contributed by atoms with Crippen molar-refractivity contribution < 1.29 is 24.1 Å². The standard InChI is InChI=1S/C12H23NO5/c1-5-16-17-8-6-7-10(9-14)13-11(15)18-12(2,3)4/h9-10H,5-8H2,1-4H3,(H,13,15)/t10-/m1/s1. The highest BCUT2D eigenvalue weighted by molar-refractivity contribution is 5.73. The Balaban J connectivity index is 3.82. The highest BCUT2D eigenvalue weighted by Gasteiger charge is 2.18. The molecule has 0 aromatic heterocycles. The van der Waals surface area contributed by atoms with Crippen LogP contribution in [0.25, 0.3) is 0 Å². The Morgan fingerprint density at radius 3 is 2.50 bits per heavy atom. The molecule has 106 valence electrons. The van der Waals surface area contributed by atoms with Crippen LogP contribution in [0, 0.1) is 0 Å². The van der Waals surface area contributed by atoms with Crippen LogP contribution in [0.2, 0.25) is 0 Å². The fourth-order valence-corrected chi connectivity index (χ4v) is 1.14. The normalized spacial score (nSPS) is 12.9. The average molecular weight is 261 g/mol. The van der Waals surface area contributed by atoms with E-state index in [0.717, 1.165) is 0 Å². The van der Waals surface area contributed by atoms with Crippen molar-refractivity contribution in [2.75, 3.05) is 13.2 Å². The first-order valence-electron chi connectivity index (χ1n) is 6.08. The van der Waals surface area contributed by atoms with E-state index in [4.69, 9.17) is 14.5 Å². The van der Waals surface area contributed by atoms with Crippen LogP contribution in [-0.2, 0) is 19.3 Å². The van der Waals surface area contributed by atoms with Gasteiger partial charge in [0.25, 0.3) is 0 Å². The molecular formula is C12H23NO5. The van der Waals surface area contributed by atoms with E-state index >= 15 is 0 Å². The van der Waals surface area contributed by atoms with E-state index in [2.05, 4.69) is 5.32 Å². The van der Waals surface area contributed by atoms with Crippen LogP contribution < -0.4 is 5.32 Å². The summed E-state index contributed by atoms with van der Waals surface area (Å²) in [5, 5.41) is 2.49. The maximum absolute atomic E-state index is 11.4. The monoisotopic (exact) mass is 261 g/mol. The molecule has 0 radical (unpaired) electrons. The lowest BCUT2D eigenvalue weighted by atomic mass is 10.2. The molecule has 1 atom stereocenters. The number of ether oxygens (including phenoxy) is 1. The van der Waals surface area contributed by atoms with E-state index in [0.29, 0.717) is 32.3 Å². The van der Waals surface area contributed by atoms with Crippen LogP contribution in [0.15, 0.2) is 0 Å². The third kappa shape index (κ3) is 10.0. The lowest BCUT2D eigenvalue weighted by Crippen LogP contribution is -2.40. The molecular weight excluding hydrogens is 238 g/mol. The number of hydrogen-bond acceptors (Lipinski definition) is 5. The van der Waals surface area contributed by atoms with Gasteiger partial charge < -0.3 is 14.8 Å². The molecule has 0 fully saturated rings. The third-order valence-electron chi connectivity index (χ3n) is 1.81. The molecule has 0 aliphatic carbocycles. The van der Waals surface area contributed by atoms with Crippen LogP contribution in [-0.4, -0.2) is 37.2 Å². The van der Waals surface area contributed by atoms with Gasteiger partial charge in [0.2, 0.25) is 0 Å². The van der Waals surface area contributed by atoms with Crippen molar-refractivity contribution in [3.05, 3.63) is 0 Å². The molecule has 0 aliphatic heterocycles. The first kappa shape index (κ1) is 16.9. The van der Waals surface area contributed by atoms with E-state index < -0.39 is 17.7 Å². The number of carbonyl (C=O) groups excluding carboxylic acids is 2. The van der Waals surface area contributed by atoms with E-state index in [9.17, 15) is 9.59 Å². The summed E-state index contributed by atoms with van der Waals surface area (Å²) in [5.41, 5.74) is -0.574. The minimum atomic E-state index is -0.592. The number of carbonyl (C=O) groups is 2. The molecule has 18 heavy (non-hydrogen) atoms. The zero-order valence-corrected chi connectivity index (χ0v) is 11.5. The summed E-state index contributed by atoms with van der Waals surface area (Å²) in [7, 11) is 0. The van der Waals surface area contributed by atoms with Crippen LogP contribution in [0.4, 0.5) is 4.79 Å². The average Bonchev–Trinajstić information content (AvgIpc) is 2.24. The number of aldehydes is 1. The first-order valence-corrected chi connectivity index (χ1v) is 6.08. The molecule has 0 aromatic rings. The van der Waals surface area contributed by atoms with Gasteiger partial charge in [0.15, 0.2) is 0 Å². The Labute approximate surface area is 108 Å². The molecule has 1 N–H and O–H groups in total. The lowest BCUT2D eigenvalue weighted by molar-refractivity contribution is -0.291. The molecule has 6 nitrogen and oxygen atoms in total. The van der Waals surface area contributed by atoms with Gasteiger partial charge in [-0.05, 0) is 40.5 Å². The Morgan fingerprint density at radius 2 is 2.00 bits per heavy atom. The SMILES string of the molecule is CCOOCCC[C@H](C=O)NC(=O)OC(C)(C)C. The van der Waals surface area contributed by atoms with Gasteiger partial charge in [-0.3, -0.25) is 0 Å². The van der Waals surface area contributed by atoms with Crippen molar-refractivity contribution in [2.45, 2.75) is 52.2 Å². The molecule has 0 aromatic carbocycles. The maximum atomic E-state index is 11.4. The summed E-state index contributed by atoms with van der Waals surface area (Å²) in [4.78, 5) is 31.7. The summed E-state index contributed by atoms with van der Waals surface area (Å²) >= 11 is 0. The Bertz CT molecular complexity index is 249. The Kier molecular flexibility index (Phi) is 8.32. The molecule has 0 spiro atoms. The van der Waals surface area contributed by atoms with Crippen molar-refractivity contribution in [2.24, 2.45) is 0 Å². The van der Waals surface area contributed by atoms with Crippen LogP contribution in [0.3, 0.4) is 0 Å². The first-order chi connectivity index (χ1) is 8.39. The van der Waals surface area contributed by atoms with Crippen LogP contribution in [0.1, 0.15) is 40.5 Å². The molecule has 0 aliphatic rings. The molecule has 6 heteroatoms. The van der Waals surface area contributed by atoms with Gasteiger partial charge in [-0.2, -0.15) is 0 Å². The molecule has 0 saturated carbocycles. The van der Waals surface area contributed by atoms with Crippen molar-refractivity contribution in [3.63, 3.8) is 0 Å². The summed E-state index contributed by atoms with van der Waals surface area (Å²) in [6, 6.07) is -0.565. The van der Waals surface area contributed by atoms with Crippen LogP contribution in [0.5, 0.6) is 0 Å². The summed E-state index contributed by atoms with van der Waals surface area (Å²) in [6.07, 6.45) is 1.19. The number of alkyl carbamates (subject to hydrolysis) is 1. The van der Waals surface area contributed by atoms with Crippen LogP contribution >= 0.6 is 0 Å². The van der Waals surface area contributed by atoms with E-state index in [1.165, 1.54) is 0 Å². The predicted molar refractivity (Wildman–Crippen MR) is 66.0 cm³/mol. The lowest BCUT2D eigenvalue weighted by Gasteiger charge is -2.21. The fourth-order valence-electron chi connectivity index (χ4n) is 1.14. The molecule has 0 rings (SSSR count). The Hall–Kier alpha value is -1.14. The van der Waals surface area contributed by atoms with E-state index in [1.807, 2.05) is 6.92 Å². The molecule has 0 unspecified atom stereocenters. The fraction of sp³-hybridized carbons (Fsp3) is 0.833. The second-order valence-electron chi connectivity index (χ2n) is 4.76. The highest BCUT2D eigenvalue weighted by atomic mass is 17.2. The minimum Gasteiger partial charge on any atom is -0.444 e. The third-order valence-corrected chi connectivity index (χ3v) is 1.81. The molecule has 0 heterocycles. The topological polar surface area (TPSA) is 73.9 Å². The quantitative estimate of drug-likeness (QED) is 0.312. The zero-order chi connectivity index (χ0) is 14.0. The van der Waals surface area contributed by atoms with Gasteiger partial charge in [-0.1, -0.05) is 0 Å². The van der Waals surface area contributed by atoms with Crippen molar-refractivity contribution in [1.29, 1.82) is 0 Å². The van der Waals surface area contributed by atoms with Crippen molar-refractivity contribution >= 4 is 12.4 Å². The van der Waals surface area contributed by atoms with Gasteiger partial charge in [0.05, 0.1) is 19.3 Å². The number of rotatable bonds is 8. The highest BCUT2D eigenvalue weighted by Crippen LogP contribution is 2.07. The van der Waals surface area contributed by atoms with E-state index in [1.54, 1.807) is 20.8 Å². The second-order valence-corrected chi connectivity index (χ2v) is 4.76. The zero-order valence-electron chi connectivity index (χ0n) is 11.5. The van der Waals surface area contributed by atoms with Gasteiger partial charge in [0.1, 0.15) is 11.9 Å². The van der Waals surface area contributed by atoms with Gasteiger partial charge in [-0.25, -0.2) is 14.6 Å². The second kappa shape index (κ2) is 8.88. The van der Waals surface area contributed by atoms with Gasteiger partial charge >= 0.3 is 6.09 Å². The van der Waals surface area contributed by atoms with Gasteiger partial charge in [0, 0.05) is 0 Å². The van der Waals surface area contributed by atoms with Gasteiger partial charge in [-0.15, -0.1) is 0 Å². The maximum Gasteiger partial charge on any atom is 0.408 e. The van der Waals surface area contributed by atoms with E-state index in [-0.39, 0.29) is 0 Å². The number of hydrogen-bond donors (Lipinski definition) is 1. The number of amides is 1. The molecule has 1 amide bonds. The number of nitrogens with one attached hydrogen (secondary N) is 1. The summed E-state index contributed by atoms with van der Waals surface area (Å²) < 4.78 is 5.05. The molecule has 0 saturated heterocycles. The predicted octanol–water partition coefficient (Wildman–Crippen LogP) is 1.83. The molecule has 0 bridgehead atoms. The van der Waals surface area contributed by atoms with Crippen molar-refractivity contribution in [1.82, 2.24) is 5.32 Å². The minimum absolute atomic E-state index is 0.383. The summed E-state index contributed by atoms with van der Waals surface area (Å²) in [5.74, 6) is 0. The Morgan fingerprint density at radius 1 is 1.33 bits per heavy atom. The largest absolute Gasteiger partial charge is 0.444 e. The van der Waals surface area contributed by atoms with Crippen molar-refractivity contribution in [3.8, 4) is 0 Å². The summed E-state index contributed by atoms with van der Waals surface area (Å²) in [6.45, 7) is 7.97. The smallest absolute Gasteiger partial charge is 0.408 e.